The minimum absolute atomic E-state index is 0.00870. The van der Waals surface area contributed by atoms with Crippen molar-refractivity contribution in [1.29, 1.82) is 0 Å². The van der Waals surface area contributed by atoms with Crippen LogP contribution in [0.25, 0.3) is 0 Å². The second kappa shape index (κ2) is 7.17. The molecule has 1 amide bonds. The lowest BCUT2D eigenvalue weighted by atomic mass is 9.73. The Hall–Kier alpha value is -1.89. The minimum Gasteiger partial charge on any atom is -0.444 e. The molecule has 154 valence electrons. The molecule has 2 bridgehead atoms. The molecule has 2 atom stereocenters. The number of aromatic nitrogens is 2. The highest BCUT2D eigenvalue weighted by Gasteiger charge is 2.49. The first-order valence-electron chi connectivity index (χ1n) is 10.6. The van der Waals surface area contributed by atoms with E-state index in [1.165, 1.54) is 12.8 Å². The number of carbonyl (C=O) groups excluding carboxylic acids is 1. The summed E-state index contributed by atoms with van der Waals surface area (Å²) in [6, 6.07) is -0.0174. The summed E-state index contributed by atoms with van der Waals surface area (Å²) < 4.78 is 5.64. The van der Waals surface area contributed by atoms with Gasteiger partial charge in [0, 0.05) is 56.0 Å². The van der Waals surface area contributed by atoms with Gasteiger partial charge in [0.15, 0.2) is 0 Å². The fraction of sp³-hybridized carbons (Fsp3) is 0.762. The molecule has 3 fully saturated rings. The van der Waals surface area contributed by atoms with Crippen LogP contribution in [0, 0.1) is 0 Å². The van der Waals surface area contributed by atoms with Crippen molar-refractivity contribution < 1.29 is 14.6 Å². The van der Waals surface area contributed by atoms with E-state index in [1.54, 1.807) is 12.4 Å². The molecule has 1 N–H and O–H groups in total. The third-order valence-corrected chi connectivity index (χ3v) is 6.18. The highest BCUT2D eigenvalue weighted by atomic mass is 16.6. The molecule has 3 aliphatic rings. The molecule has 0 radical (unpaired) electrons. The number of piperidine rings is 2. The number of fused-ring (bicyclic) bond motifs is 2. The molecule has 3 aliphatic heterocycles. The normalized spacial score (nSPS) is 30.4. The zero-order chi connectivity index (χ0) is 19.9. The van der Waals surface area contributed by atoms with Crippen LogP contribution in [0.1, 0.15) is 71.3 Å². The van der Waals surface area contributed by atoms with Crippen LogP contribution < -0.4 is 4.90 Å². The largest absolute Gasteiger partial charge is 0.444 e. The smallest absolute Gasteiger partial charge is 0.410 e. The third kappa shape index (κ3) is 3.81. The van der Waals surface area contributed by atoms with Gasteiger partial charge < -0.3 is 19.6 Å². The Bertz CT molecular complexity index is 695. The number of nitrogens with zero attached hydrogens (tertiary/aromatic N) is 4. The fourth-order valence-electron chi connectivity index (χ4n) is 4.92. The molecule has 7 heteroatoms. The van der Waals surface area contributed by atoms with Gasteiger partial charge in [-0.3, -0.25) is 0 Å². The van der Waals surface area contributed by atoms with Crippen LogP contribution >= 0.6 is 0 Å². The van der Waals surface area contributed by atoms with Crippen molar-refractivity contribution in [3.63, 3.8) is 0 Å². The predicted molar refractivity (Wildman–Crippen MR) is 106 cm³/mol. The molecule has 0 aliphatic carbocycles. The number of carbonyl (C=O) groups is 1. The van der Waals surface area contributed by atoms with Crippen LogP contribution in [-0.4, -0.2) is 56.8 Å². The van der Waals surface area contributed by atoms with Crippen LogP contribution in [0.5, 0.6) is 0 Å². The quantitative estimate of drug-likeness (QED) is 0.838. The first-order valence-corrected chi connectivity index (χ1v) is 10.6. The third-order valence-electron chi connectivity index (χ3n) is 6.18. The number of anilines is 1. The summed E-state index contributed by atoms with van der Waals surface area (Å²) in [7, 11) is 0. The van der Waals surface area contributed by atoms with E-state index < -0.39 is 11.2 Å². The Morgan fingerprint density at radius 2 is 1.68 bits per heavy atom. The summed E-state index contributed by atoms with van der Waals surface area (Å²) in [4.78, 5) is 25.9. The number of ether oxygens (including phenoxy) is 1. The first-order chi connectivity index (χ1) is 13.3. The molecule has 4 rings (SSSR count). The molecular weight excluding hydrogens is 356 g/mol. The van der Waals surface area contributed by atoms with E-state index in [0.717, 1.165) is 43.9 Å². The zero-order valence-electron chi connectivity index (χ0n) is 17.2. The standard InChI is InChI=1S/C21H32N4O3/c1-20(2,3)28-19(26)25-16-7-6-8-17(25)12-21(27,11-16)15-13-22-18(23-14-15)24-9-4-5-10-24/h13-14,16-17,27H,4-12H2,1-3H3. The van der Waals surface area contributed by atoms with Gasteiger partial charge in [0.2, 0.25) is 5.95 Å². The van der Waals surface area contributed by atoms with E-state index in [1.807, 2.05) is 25.7 Å². The summed E-state index contributed by atoms with van der Waals surface area (Å²) in [5.41, 5.74) is -0.743. The van der Waals surface area contributed by atoms with Gasteiger partial charge in [-0.1, -0.05) is 0 Å². The van der Waals surface area contributed by atoms with E-state index in [4.69, 9.17) is 4.74 Å². The van der Waals surface area contributed by atoms with Gasteiger partial charge in [-0.15, -0.1) is 0 Å². The van der Waals surface area contributed by atoms with E-state index in [9.17, 15) is 9.90 Å². The average molecular weight is 389 g/mol. The van der Waals surface area contributed by atoms with E-state index in [2.05, 4.69) is 14.9 Å². The Morgan fingerprint density at radius 3 is 2.21 bits per heavy atom. The molecule has 2 unspecified atom stereocenters. The maximum absolute atomic E-state index is 12.8. The van der Waals surface area contributed by atoms with Crippen LogP contribution in [0.15, 0.2) is 12.4 Å². The number of aliphatic hydroxyl groups is 1. The van der Waals surface area contributed by atoms with Crippen LogP contribution in [0.4, 0.5) is 10.7 Å². The number of rotatable bonds is 2. The average Bonchev–Trinajstić information content (AvgIpc) is 3.14. The van der Waals surface area contributed by atoms with Gasteiger partial charge in [-0.2, -0.15) is 0 Å². The SMILES string of the molecule is CC(C)(C)OC(=O)N1C2CCCC1CC(O)(c1cnc(N3CCCC3)nc1)C2. The first kappa shape index (κ1) is 19.4. The van der Waals surface area contributed by atoms with Crippen molar-refractivity contribution in [3.05, 3.63) is 18.0 Å². The van der Waals surface area contributed by atoms with Crippen molar-refractivity contribution in [2.24, 2.45) is 0 Å². The zero-order valence-corrected chi connectivity index (χ0v) is 17.2. The summed E-state index contributed by atoms with van der Waals surface area (Å²) in [5, 5.41) is 11.5. The summed E-state index contributed by atoms with van der Waals surface area (Å²) in [6.45, 7) is 7.66. The van der Waals surface area contributed by atoms with Crippen molar-refractivity contribution in [3.8, 4) is 0 Å². The maximum atomic E-state index is 12.8. The molecule has 3 saturated heterocycles. The van der Waals surface area contributed by atoms with Gasteiger partial charge in [-0.05, 0) is 52.9 Å². The van der Waals surface area contributed by atoms with E-state index >= 15 is 0 Å². The second-order valence-electron chi connectivity index (χ2n) is 9.53. The molecule has 7 nitrogen and oxygen atoms in total. The van der Waals surface area contributed by atoms with Crippen LogP contribution in [-0.2, 0) is 10.3 Å². The number of amides is 1. The van der Waals surface area contributed by atoms with Crippen molar-refractivity contribution in [2.45, 2.75) is 89.0 Å². The Balaban J connectivity index is 1.51. The predicted octanol–water partition coefficient (Wildman–Crippen LogP) is 3.22. The van der Waals surface area contributed by atoms with Crippen molar-refractivity contribution in [1.82, 2.24) is 14.9 Å². The summed E-state index contributed by atoms with van der Waals surface area (Å²) >= 11 is 0. The molecular formula is C21H32N4O3. The lowest BCUT2D eigenvalue weighted by molar-refractivity contribution is -0.0967. The van der Waals surface area contributed by atoms with Gasteiger partial charge >= 0.3 is 6.09 Å². The van der Waals surface area contributed by atoms with Crippen molar-refractivity contribution in [2.75, 3.05) is 18.0 Å². The second-order valence-corrected chi connectivity index (χ2v) is 9.53. The highest BCUT2D eigenvalue weighted by Crippen LogP contribution is 2.44. The van der Waals surface area contributed by atoms with Crippen LogP contribution in [0.2, 0.25) is 0 Å². The number of hydrogen-bond donors (Lipinski definition) is 1. The maximum Gasteiger partial charge on any atom is 0.410 e. The lowest BCUT2D eigenvalue weighted by Crippen LogP contribution is -2.59. The Labute approximate surface area is 167 Å². The fourth-order valence-corrected chi connectivity index (χ4v) is 4.92. The van der Waals surface area contributed by atoms with Gasteiger partial charge in [-0.25, -0.2) is 14.8 Å². The summed E-state index contributed by atoms with van der Waals surface area (Å²) in [5.74, 6) is 0.747. The summed E-state index contributed by atoms with van der Waals surface area (Å²) in [6.07, 6.45) is 9.54. The van der Waals surface area contributed by atoms with E-state index in [0.29, 0.717) is 12.8 Å². The topological polar surface area (TPSA) is 78.8 Å². The van der Waals surface area contributed by atoms with Crippen LogP contribution in [0.3, 0.4) is 0 Å². The minimum atomic E-state index is -0.988. The monoisotopic (exact) mass is 388 g/mol. The van der Waals surface area contributed by atoms with E-state index in [-0.39, 0.29) is 18.2 Å². The van der Waals surface area contributed by atoms with Gasteiger partial charge in [0.25, 0.3) is 0 Å². The molecule has 1 aromatic heterocycles. The van der Waals surface area contributed by atoms with Crippen molar-refractivity contribution >= 4 is 12.0 Å². The van der Waals surface area contributed by atoms with Gasteiger partial charge in [0.1, 0.15) is 5.60 Å². The lowest BCUT2D eigenvalue weighted by Gasteiger charge is -2.51. The molecule has 0 spiro atoms. The Kier molecular flexibility index (Phi) is 4.98. The molecule has 0 aromatic carbocycles. The molecule has 0 saturated carbocycles. The number of hydrogen-bond acceptors (Lipinski definition) is 6. The molecule has 28 heavy (non-hydrogen) atoms. The highest BCUT2D eigenvalue weighted by molar-refractivity contribution is 5.69. The molecule has 4 heterocycles. The molecule has 1 aromatic rings. The Morgan fingerprint density at radius 1 is 1.11 bits per heavy atom. The van der Waals surface area contributed by atoms with Gasteiger partial charge in [0.05, 0.1) is 5.60 Å².